The SMILES string of the molecule is CCC(C)N(C)CCNS(=O)(=O)c1ccc(Br)c(C(=O)OC)c1. The van der Waals surface area contributed by atoms with Crippen LogP contribution in [-0.2, 0) is 14.8 Å². The Balaban J connectivity index is 2.83. The zero-order chi connectivity index (χ0) is 17.6. The van der Waals surface area contributed by atoms with Crippen LogP contribution in [0.15, 0.2) is 27.6 Å². The van der Waals surface area contributed by atoms with Crippen molar-refractivity contribution < 1.29 is 17.9 Å². The van der Waals surface area contributed by atoms with Gasteiger partial charge in [-0.3, -0.25) is 0 Å². The van der Waals surface area contributed by atoms with E-state index in [0.29, 0.717) is 23.6 Å². The molecule has 6 nitrogen and oxygen atoms in total. The molecule has 1 aromatic rings. The lowest BCUT2D eigenvalue weighted by molar-refractivity contribution is 0.0599. The lowest BCUT2D eigenvalue weighted by atomic mass is 10.2. The second-order valence-electron chi connectivity index (χ2n) is 5.27. The van der Waals surface area contributed by atoms with Gasteiger partial charge in [0.25, 0.3) is 0 Å². The van der Waals surface area contributed by atoms with Gasteiger partial charge in [-0.25, -0.2) is 17.9 Å². The molecular weight excluding hydrogens is 384 g/mol. The Kier molecular flexibility index (Phi) is 7.66. The third-order valence-electron chi connectivity index (χ3n) is 3.75. The van der Waals surface area contributed by atoms with Gasteiger partial charge < -0.3 is 9.64 Å². The number of nitrogens with one attached hydrogen (secondary N) is 1. The maximum Gasteiger partial charge on any atom is 0.339 e. The van der Waals surface area contributed by atoms with Crippen molar-refractivity contribution in [2.24, 2.45) is 0 Å². The van der Waals surface area contributed by atoms with Crippen LogP contribution in [0.4, 0.5) is 0 Å². The van der Waals surface area contributed by atoms with E-state index in [1.54, 1.807) is 0 Å². The van der Waals surface area contributed by atoms with E-state index < -0.39 is 16.0 Å². The maximum absolute atomic E-state index is 12.3. The van der Waals surface area contributed by atoms with Crippen LogP contribution < -0.4 is 4.72 Å². The highest BCUT2D eigenvalue weighted by Crippen LogP contribution is 2.21. The van der Waals surface area contributed by atoms with Gasteiger partial charge in [-0.2, -0.15) is 0 Å². The fourth-order valence-corrected chi connectivity index (χ4v) is 3.37. The molecule has 0 aromatic heterocycles. The lowest BCUT2D eigenvalue weighted by Crippen LogP contribution is -2.37. The van der Waals surface area contributed by atoms with Crippen molar-refractivity contribution in [3.63, 3.8) is 0 Å². The monoisotopic (exact) mass is 406 g/mol. The third kappa shape index (κ3) is 5.56. The van der Waals surface area contributed by atoms with Crippen LogP contribution in [-0.4, -0.2) is 52.6 Å². The standard InChI is InChI=1S/C15H23BrN2O4S/c1-5-11(2)18(3)9-8-17-23(20,21)12-6-7-14(16)13(10-12)15(19)22-4/h6-7,10-11,17H,5,8-9H2,1-4H3. The number of benzene rings is 1. The van der Waals surface area contributed by atoms with Gasteiger partial charge in [-0.1, -0.05) is 6.92 Å². The molecule has 1 N–H and O–H groups in total. The number of likely N-dealkylation sites (N-methyl/N-ethyl adjacent to an activating group) is 1. The quantitative estimate of drug-likeness (QED) is 0.669. The second kappa shape index (κ2) is 8.77. The summed E-state index contributed by atoms with van der Waals surface area (Å²) in [5.74, 6) is -0.592. The summed E-state index contributed by atoms with van der Waals surface area (Å²) < 4.78 is 32.3. The first-order valence-electron chi connectivity index (χ1n) is 7.30. The van der Waals surface area contributed by atoms with E-state index in [9.17, 15) is 13.2 Å². The maximum atomic E-state index is 12.3. The van der Waals surface area contributed by atoms with Gasteiger partial charge in [0.15, 0.2) is 0 Å². The minimum Gasteiger partial charge on any atom is -0.465 e. The summed E-state index contributed by atoms with van der Waals surface area (Å²) in [6.07, 6.45) is 0.998. The molecule has 8 heteroatoms. The number of nitrogens with zero attached hydrogens (tertiary/aromatic N) is 1. The van der Waals surface area contributed by atoms with Crippen molar-refractivity contribution in [2.45, 2.75) is 31.2 Å². The number of esters is 1. The minimum absolute atomic E-state index is 0.0345. The summed E-state index contributed by atoms with van der Waals surface area (Å²) in [5, 5.41) is 0. The first kappa shape index (κ1) is 20.1. The molecule has 0 saturated heterocycles. The molecule has 0 aliphatic heterocycles. The molecular formula is C15H23BrN2O4S. The summed E-state index contributed by atoms with van der Waals surface area (Å²) in [4.78, 5) is 13.8. The van der Waals surface area contributed by atoms with Gasteiger partial charge in [0, 0.05) is 23.6 Å². The van der Waals surface area contributed by atoms with Crippen LogP contribution in [0.3, 0.4) is 0 Å². The van der Waals surface area contributed by atoms with E-state index in [1.807, 2.05) is 7.05 Å². The Labute approximate surface area is 146 Å². The highest BCUT2D eigenvalue weighted by molar-refractivity contribution is 9.10. The lowest BCUT2D eigenvalue weighted by Gasteiger charge is -2.23. The van der Waals surface area contributed by atoms with Crippen LogP contribution in [0.1, 0.15) is 30.6 Å². The molecule has 0 radical (unpaired) electrons. The number of halogens is 1. The van der Waals surface area contributed by atoms with Crippen LogP contribution in [0.25, 0.3) is 0 Å². The molecule has 23 heavy (non-hydrogen) atoms. The zero-order valence-corrected chi connectivity index (χ0v) is 16.2. The number of sulfonamides is 1. The van der Waals surface area contributed by atoms with E-state index in [4.69, 9.17) is 0 Å². The molecule has 1 unspecified atom stereocenters. The van der Waals surface area contributed by atoms with Gasteiger partial charge in [-0.15, -0.1) is 0 Å². The molecule has 0 aliphatic carbocycles. The Morgan fingerprint density at radius 3 is 2.65 bits per heavy atom. The van der Waals surface area contributed by atoms with E-state index >= 15 is 0 Å². The number of hydrogen-bond donors (Lipinski definition) is 1. The number of rotatable bonds is 8. The number of carbonyl (C=O) groups excluding carboxylic acids is 1. The highest BCUT2D eigenvalue weighted by Gasteiger charge is 2.19. The van der Waals surface area contributed by atoms with Crippen molar-refractivity contribution in [1.29, 1.82) is 0 Å². The molecule has 130 valence electrons. The zero-order valence-electron chi connectivity index (χ0n) is 13.8. The number of ether oxygens (including phenoxy) is 1. The Morgan fingerprint density at radius 1 is 1.43 bits per heavy atom. The van der Waals surface area contributed by atoms with Gasteiger partial charge >= 0.3 is 5.97 Å². The smallest absolute Gasteiger partial charge is 0.339 e. The predicted molar refractivity (Wildman–Crippen MR) is 93.1 cm³/mol. The number of carbonyl (C=O) groups is 1. The minimum atomic E-state index is -3.67. The fourth-order valence-electron chi connectivity index (χ4n) is 1.91. The molecule has 0 heterocycles. The van der Waals surface area contributed by atoms with Gasteiger partial charge in [0.2, 0.25) is 10.0 Å². The van der Waals surface area contributed by atoms with Crippen molar-refractivity contribution >= 4 is 31.9 Å². The average Bonchev–Trinajstić information content (AvgIpc) is 2.53. The molecule has 0 bridgehead atoms. The Morgan fingerprint density at radius 2 is 2.09 bits per heavy atom. The van der Waals surface area contributed by atoms with Crippen molar-refractivity contribution in [1.82, 2.24) is 9.62 Å². The van der Waals surface area contributed by atoms with Gasteiger partial charge in [-0.05, 0) is 54.5 Å². The molecule has 1 rings (SSSR count). The Bertz CT molecular complexity index is 649. The molecule has 0 saturated carbocycles. The second-order valence-corrected chi connectivity index (χ2v) is 7.89. The first-order chi connectivity index (χ1) is 10.7. The number of hydrogen-bond acceptors (Lipinski definition) is 5. The molecule has 0 aliphatic rings. The predicted octanol–water partition coefficient (Wildman–Crippen LogP) is 2.24. The molecule has 1 aromatic carbocycles. The average molecular weight is 407 g/mol. The molecule has 1 atom stereocenters. The summed E-state index contributed by atoms with van der Waals surface area (Å²) >= 11 is 3.21. The summed E-state index contributed by atoms with van der Waals surface area (Å²) in [6.45, 7) is 5.08. The summed E-state index contributed by atoms with van der Waals surface area (Å²) in [5.41, 5.74) is 0.173. The van der Waals surface area contributed by atoms with Crippen LogP contribution >= 0.6 is 15.9 Å². The first-order valence-corrected chi connectivity index (χ1v) is 9.58. The highest BCUT2D eigenvalue weighted by atomic mass is 79.9. The van der Waals surface area contributed by atoms with Crippen LogP contribution in [0.2, 0.25) is 0 Å². The summed E-state index contributed by atoms with van der Waals surface area (Å²) in [6, 6.07) is 4.65. The number of methoxy groups -OCH3 is 1. The summed E-state index contributed by atoms with van der Waals surface area (Å²) in [7, 11) is -0.470. The van der Waals surface area contributed by atoms with Crippen molar-refractivity contribution in [2.75, 3.05) is 27.2 Å². The molecule has 0 amide bonds. The van der Waals surface area contributed by atoms with Crippen LogP contribution in [0, 0.1) is 0 Å². The van der Waals surface area contributed by atoms with Crippen LogP contribution in [0.5, 0.6) is 0 Å². The van der Waals surface area contributed by atoms with Crippen molar-refractivity contribution in [3.8, 4) is 0 Å². The van der Waals surface area contributed by atoms with E-state index in [-0.39, 0.29) is 10.5 Å². The normalized spacial score (nSPS) is 13.1. The topological polar surface area (TPSA) is 75.7 Å². The van der Waals surface area contributed by atoms with E-state index in [1.165, 1.54) is 25.3 Å². The van der Waals surface area contributed by atoms with E-state index in [2.05, 4.69) is 44.1 Å². The fraction of sp³-hybridized carbons (Fsp3) is 0.533. The van der Waals surface area contributed by atoms with Gasteiger partial charge in [0.1, 0.15) is 0 Å². The Hall–Kier alpha value is -0.960. The third-order valence-corrected chi connectivity index (χ3v) is 5.90. The largest absolute Gasteiger partial charge is 0.465 e. The molecule has 0 spiro atoms. The molecule has 0 fully saturated rings. The van der Waals surface area contributed by atoms with Crippen molar-refractivity contribution in [3.05, 3.63) is 28.2 Å². The van der Waals surface area contributed by atoms with Gasteiger partial charge in [0.05, 0.1) is 17.6 Å². The van der Waals surface area contributed by atoms with E-state index in [0.717, 1.165) is 6.42 Å².